The molecule has 11 nitrogen and oxygen atoms in total. The molecule has 2 heterocycles. The van der Waals surface area contributed by atoms with E-state index >= 15 is 0 Å². The highest BCUT2D eigenvalue weighted by molar-refractivity contribution is 6.76. The van der Waals surface area contributed by atoms with Crippen LogP contribution >= 0.6 is 0 Å². The number of aromatic nitrogens is 2. The lowest BCUT2D eigenvalue weighted by Crippen LogP contribution is -2.36. The van der Waals surface area contributed by atoms with E-state index in [2.05, 4.69) is 35.6 Å². The molecule has 1 aliphatic heterocycles. The van der Waals surface area contributed by atoms with Crippen LogP contribution in [-0.4, -0.2) is 55.0 Å². The summed E-state index contributed by atoms with van der Waals surface area (Å²) >= 11 is 0. The first-order valence-electron chi connectivity index (χ1n) is 14.6. The fourth-order valence-electron chi connectivity index (χ4n) is 4.61. The molecule has 1 aliphatic rings. The number of benzene rings is 1. The summed E-state index contributed by atoms with van der Waals surface area (Å²) in [7, 11) is 0.00218. The van der Waals surface area contributed by atoms with E-state index in [4.69, 9.17) is 19.2 Å². The number of fused-ring (bicyclic) bond motifs is 4. The van der Waals surface area contributed by atoms with Crippen molar-refractivity contribution in [3.8, 4) is 11.3 Å². The second-order valence-electron chi connectivity index (χ2n) is 13.2. The highest BCUT2D eigenvalue weighted by atomic mass is 28.3. The Balaban J connectivity index is 2.07. The highest BCUT2D eigenvalue weighted by Gasteiger charge is 2.27. The Morgan fingerprint density at radius 3 is 2.57 bits per heavy atom. The van der Waals surface area contributed by atoms with Crippen LogP contribution in [0.5, 0.6) is 0 Å². The lowest BCUT2D eigenvalue weighted by molar-refractivity contribution is -0.117. The van der Waals surface area contributed by atoms with E-state index in [1.165, 1.54) is 7.11 Å². The topological polar surface area (TPSA) is 133 Å². The quantitative estimate of drug-likeness (QED) is 0.236. The largest absolute Gasteiger partial charge is 0.453 e. The number of ether oxygens (including phenoxy) is 3. The van der Waals surface area contributed by atoms with Gasteiger partial charge in [0.1, 0.15) is 18.2 Å². The number of alkyl carbamates (subject to hydrolysis) is 1. The molecule has 42 heavy (non-hydrogen) atoms. The minimum absolute atomic E-state index is 0.118. The number of amides is 3. The predicted octanol–water partition coefficient (Wildman–Crippen LogP) is 6.76. The van der Waals surface area contributed by atoms with E-state index < -0.39 is 31.9 Å². The van der Waals surface area contributed by atoms with Gasteiger partial charge in [0.2, 0.25) is 5.91 Å². The van der Waals surface area contributed by atoms with Crippen molar-refractivity contribution in [2.24, 2.45) is 5.92 Å². The summed E-state index contributed by atoms with van der Waals surface area (Å²) in [5, 5.41) is 8.71. The number of rotatable bonds is 7. The summed E-state index contributed by atoms with van der Waals surface area (Å²) in [6, 6.07) is 5.79. The third kappa shape index (κ3) is 10.5. The van der Waals surface area contributed by atoms with E-state index in [9.17, 15) is 14.4 Å². The zero-order valence-electron chi connectivity index (χ0n) is 26.3. The van der Waals surface area contributed by atoms with Gasteiger partial charge in [0, 0.05) is 38.5 Å². The molecule has 0 unspecified atom stereocenters. The van der Waals surface area contributed by atoms with Gasteiger partial charge in [-0.15, -0.1) is 0 Å². The number of carbonyl (C=O) groups excluding carboxylic acids is 3. The smallest absolute Gasteiger partial charge is 0.411 e. The number of anilines is 2. The lowest BCUT2D eigenvalue weighted by atomic mass is 9.98. The van der Waals surface area contributed by atoms with Crippen molar-refractivity contribution in [2.45, 2.75) is 97.4 Å². The first-order chi connectivity index (χ1) is 19.6. The maximum atomic E-state index is 13.0. The number of carbonyl (C=O) groups is 3. The molecule has 0 spiro atoms. The van der Waals surface area contributed by atoms with Crippen molar-refractivity contribution in [3.63, 3.8) is 0 Å². The molecule has 232 valence electrons. The second-order valence-corrected chi connectivity index (χ2v) is 18.8. The minimum Gasteiger partial charge on any atom is -0.453 e. The summed E-state index contributed by atoms with van der Waals surface area (Å²) < 4.78 is 18.3. The lowest BCUT2D eigenvalue weighted by Gasteiger charge is -2.24. The molecule has 0 fully saturated rings. The molecule has 0 saturated heterocycles. The average molecular weight is 602 g/mol. The van der Waals surface area contributed by atoms with Gasteiger partial charge in [0.15, 0.2) is 0 Å². The second kappa shape index (κ2) is 14.2. The van der Waals surface area contributed by atoms with Crippen LogP contribution in [-0.2, 0) is 25.7 Å². The Hall–Kier alpha value is -3.38. The summed E-state index contributed by atoms with van der Waals surface area (Å²) in [6.07, 6.45) is 3.26. The Bertz CT molecular complexity index is 1250. The molecule has 0 aliphatic carbocycles. The maximum Gasteiger partial charge on any atom is 0.411 e. The third-order valence-electron chi connectivity index (χ3n) is 6.76. The van der Waals surface area contributed by atoms with Crippen LogP contribution in [0.15, 0.2) is 24.4 Å². The molecule has 3 N–H and O–H groups in total. The summed E-state index contributed by atoms with van der Waals surface area (Å²) in [6.45, 7) is 15.3. The van der Waals surface area contributed by atoms with E-state index in [1.54, 1.807) is 18.2 Å². The molecule has 3 rings (SSSR count). The number of hydrogen-bond acceptors (Lipinski definition) is 7. The minimum atomic E-state index is -1.29. The molecule has 0 radical (unpaired) electrons. The highest BCUT2D eigenvalue weighted by Crippen LogP contribution is 2.34. The third-order valence-corrected chi connectivity index (χ3v) is 8.47. The van der Waals surface area contributed by atoms with Crippen molar-refractivity contribution >= 4 is 37.5 Å². The van der Waals surface area contributed by atoms with Crippen molar-refractivity contribution < 1.29 is 28.6 Å². The zero-order chi connectivity index (χ0) is 31.1. The van der Waals surface area contributed by atoms with E-state index in [0.717, 1.165) is 18.9 Å². The van der Waals surface area contributed by atoms with E-state index in [1.807, 2.05) is 38.5 Å². The number of nitrogens with zero attached hydrogens (tertiary/aromatic N) is 2. The standard InChI is InChI=1S/C30H47N5O6Si/c1-20-10-9-11-23(34-29(38)41-30(2,3)4)27-33-25(18-35(27)19-40-14-15-42(6,7)8)22-13-12-21(31-28(37)39-5)17-24(22)32-26(36)16-20/h12-13,17-18,20,23H,9-11,14-16,19H2,1-8H3,(H,31,37)(H,32,36)(H,34,38)/t20-,23+/m1/s1. The average Bonchev–Trinajstić information content (AvgIpc) is 3.27. The monoisotopic (exact) mass is 601 g/mol. The van der Waals surface area contributed by atoms with Gasteiger partial charge in [-0.05, 0) is 57.4 Å². The zero-order valence-corrected chi connectivity index (χ0v) is 27.3. The van der Waals surface area contributed by atoms with Gasteiger partial charge < -0.3 is 29.4 Å². The first kappa shape index (κ1) is 33.1. The molecular formula is C30H47N5O6Si. The molecule has 2 aromatic rings. The number of imidazole rings is 1. The van der Waals surface area contributed by atoms with Crippen LogP contribution in [0, 0.1) is 5.92 Å². The van der Waals surface area contributed by atoms with Crippen molar-refractivity contribution in [1.82, 2.24) is 14.9 Å². The predicted molar refractivity (Wildman–Crippen MR) is 166 cm³/mol. The van der Waals surface area contributed by atoms with Crippen molar-refractivity contribution in [1.29, 1.82) is 0 Å². The van der Waals surface area contributed by atoms with Gasteiger partial charge in [-0.2, -0.15) is 0 Å². The number of nitrogens with one attached hydrogen (secondary N) is 3. The van der Waals surface area contributed by atoms with Gasteiger partial charge in [0.25, 0.3) is 0 Å². The Morgan fingerprint density at radius 1 is 1.17 bits per heavy atom. The van der Waals surface area contributed by atoms with E-state index in [-0.39, 0.29) is 18.6 Å². The van der Waals surface area contributed by atoms with Crippen LogP contribution in [0.4, 0.5) is 21.0 Å². The first-order valence-corrected chi connectivity index (χ1v) is 18.3. The molecule has 0 saturated carbocycles. The van der Waals surface area contributed by atoms with Gasteiger partial charge in [-0.1, -0.05) is 39.4 Å². The van der Waals surface area contributed by atoms with Gasteiger partial charge in [0.05, 0.1) is 24.5 Å². The summed E-state index contributed by atoms with van der Waals surface area (Å²) in [4.78, 5) is 42.8. The Labute approximate surface area is 250 Å². The van der Waals surface area contributed by atoms with Crippen LogP contribution < -0.4 is 16.0 Å². The number of hydrogen-bond donors (Lipinski definition) is 3. The van der Waals surface area contributed by atoms with Crippen LogP contribution in [0.25, 0.3) is 11.3 Å². The maximum absolute atomic E-state index is 13.0. The molecule has 2 atom stereocenters. The molecule has 1 aromatic carbocycles. The molecule has 1 aromatic heterocycles. The van der Waals surface area contributed by atoms with E-state index in [0.29, 0.717) is 47.9 Å². The molecular weight excluding hydrogens is 554 g/mol. The van der Waals surface area contributed by atoms with Crippen LogP contribution in [0.1, 0.15) is 65.2 Å². The summed E-state index contributed by atoms with van der Waals surface area (Å²) in [5.74, 6) is 0.632. The molecule has 2 bridgehead atoms. The van der Waals surface area contributed by atoms with Gasteiger partial charge in [-0.25, -0.2) is 14.6 Å². The summed E-state index contributed by atoms with van der Waals surface area (Å²) in [5.41, 5.74) is 1.60. The van der Waals surface area contributed by atoms with Crippen LogP contribution in [0.2, 0.25) is 25.7 Å². The van der Waals surface area contributed by atoms with Crippen molar-refractivity contribution in [3.05, 3.63) is 30.2 Å². The normalized spacial score (nSPS) is 18.0. The fraction of sp³-hybridized carbons (Fsp3) is 0.600. The Morgan fingerprint density at radius 2 is 1.90 bits per heavy atom. The van der Waals surface area contributed by atoms with Gasteiger partial charge >= 0.3 is 12.2 Å². The van der Waals surface area contributed by atoms with Gasteiger partial charge in [-0.3, -0.25) is 10.1 Å². The Kier molecular flexibility index (Phi) is 11.2. The fourth-order valence-corrected chi connectivity index (χ4v) is 5.36. The number of methoxy groups -OCH3 is 1. The van der Waals surface area contributed by atoms with Crippen LogP contribution in [0.3, 0.4) is 0 Å². The molecule has 3 amide bonds. The SMILES string of the molecule is COC(=O)Nc1ccc2c(c1)NC(=O)C[C@H](C)CCC[C@H](NC(=O)OC(C)(C)C)c1nc-2cn1COCC[Si](C)(C)C. The molecule has 12 heteroatoms. The van der Waals surface area contributed by atoms with Crippen molar-refractivity contribution in [2.75, 3.05) is 24.4 Å².